The van der Waals surface area contributed by atoms with Gasteiger partial charge in [0.15, 0.2) is 0 Å². The van der Waals surface area contributed by atoms with E-state index in [1.807, 2.05) is 62.4 Å². The van der Waals surface area contributed by atoms with Gasteiger partial charge in [0.1, 0.15) is 17.8 Å². The minimum absolute atomic E-state index is 0.279. The minimum Gasteiger partial charge on any atom is -0.338 e. The topological polar surface area (TPSA) is 79.8 Å². The summed E-state index contributed by atoms with van der Waals surface area (Å²) in [5.41, 5.74) is 4.75. The SMILES string of the molecule is Cc1cccc(C)c1NC(=O)c1cc(Nc2cccc3cccnc23)ncn1. The number of nitrogens with one attached hydrogen (secondary N) is 2. The molecule has 2 aromatic carbocycles. The van der Waals surface area contributed by atoms with E-state index < -0.39 is 0 Å². The molecule has 0 spiro atoms. The molecule has 0 saturated carbocycles. The molecule has 0 fully saturated rings. The lowest BCUT2D eigenvalue weighted by Crippen LogP contribution is -2.16. The highest BCUT2D eigenvalue weighted by molar-refractivity contribution is 6.04. The summed E-state index contributed by atoms with van der Waals surface area (Å²) in [6.07, 6.45) is 3.12. The minimum atomic E-state index is -0.279. The maximum atomic E-state index is 12.7. The van der Waals surface area contributed by atoms with Gasteiger partial charge in [0.2, 0.25) is 0 Å². The number of amides is 1. The van der Waals surface area contributed by atoms with Gasteiger partial charge in [-0.1, -0.05) is 36.4 Å². The molecule has 0 bridgehead atoms. The average molecular weight is 369 g/mol. The van der Waals surface area contributed by atoms with Gasteiger partial charge in [-0.2, -0.15) is 0 Å². The van der Waals surface area contributed by atoms with Gasteiger partial charge in [0.05, 0.1) is 11.2 Å². The zero-order valence-corrected chi connectivity index (χ0v) is 15.6. The van der Waals surface area contributed by atoms with E-state index in [-0.39, 0.29) is 11.6 Å². The number of rotatable bonds is 4. The summed E-state index contributed by atoms with van der Waals surface area (Å²) in [7, 11) is 0. The number of hydrogen-bond acceptors (Lipinski definition) is 5. The van der Waals surface area contributed by atoms with Crippen molar-refractivity contribution in [3.63, 3.8) is 0 Å². The molecule has 1 amide bonds. The molecule has 6 heteroatoms. The lowest BCUT2D eigenvalue weighted by Gasteiger charge is -2.12. The molecule has 6 nitrogen and oxygen atoms in total. The number of nitrogens with zero attached hydrogens (tertiary/aromatic N) is 3. The van der Waals surface area contributed by atoms with Crippen LogP contribution in [0.15, 0.2) is 67.1 Å². The zero-order valence-electron chi connectivity index (χ0n) is 15.6. The second kappa shape index (κ2) is 7.44. The molecule has 0 unspecified atom stereocenters. The maximum absolute atomic E-state index is 12.7. The fourth-order valence-corrected chi connectivity index (χ4v) is 3.08. The second-order valence-electron chi connectivity index (χ2n) is 6.52. The van der Waals surface area contributed by atoms with Crippen molar-refractivity contribution >= 4 is 34.0 Å². The van der Waals surface area contributed by atoms with Crippen LogP contribution in [0.3, 0.4) is 0 Å². The van der Waals surface area contributed by atoms with Gasteiger partial charge in [0, 0.05) is 23.3 Å². The van der Waals surface area contributed by atoms with Crippen molar-refractivity contribution < 1.29 is 4.79 Å². The fourth-order valence-electron chi connectivity index (χ4n) is 3.08. The normalized spacial score (nSPS) is 10.6. The van der Waals surface area contributed by atoms with Crippen LogP contribution >= 0.6 is 0 Å². The number of fused-ring (bicyclic) bond motifs is 1. The molecule has 0 aliphatic heterocycles. The van der Waals surface area contributed by atoms with E-state index in [0.29, 0.717) is 5.82 Å². The summed E-state index contributed by atoms with van der Waals surface area (Å²) in [4.78, 5) is 25.5. The largest absolute Gasteiger partial charge is 0.338 e. The predicted molar refractivity (Wildman–Crippen MR) is 111 cm³/mol. The van der Waals surface area contributed by atoms with Crippen LogP contribution in [0.4, 0.5) is 17.2 Å². The van der Waals surface area contributed by atoms with E-state index in [2.05, 4.69) is 25.6 Å². The monoisotopic (exact) mass is 369 g/mol. The molecular weight excluding hydrogens is 350 g/mol. The van der Waals surface area contributed by atoms with Crippen LogP contribution in [0, 0.1) is 13.8 Å². The molecule has 2 heterocycles. The van der Waals surface area contributed by atoms with Gasteiger partial charge >= 0.3 is 0 Å². The number of pyridine rings is 1. The molecule has 0 atom stereocenters. The Labute approximate surface area is 162 Å². The van der Waals surface area contributed by atoms with Gasteiger partial charge in [0.25, 0.3) is 5.91 Å². The number of anilines is 3. The van der Waals surface area contributed by atoms with E-state index in [1.165, 1.54) is 6.33 Å². The summed E-state index contributed by atoms with van der Waals surface area (Å²) in [5, 5.41) is 7.20. The van der Waals surface area contributed by atoms with Crippen LogP contribution in [-0.4, -0.2) is 20.9 Å². The molecule has 4 aromatic rings. The van der Waals surface area contributed by atoms with Crippen molar-refractivity contribution in [3.05, 3.63) is 83.9 Å². The molecule has 2 aromatic heterocycles. The smallest absolute Gasteiger partial charge is 0.274 e. The number of carbonyl (C=O) groups excluding carboxylic acids is 1. The van der Waals surface area contributed by atoms with Crippen LogP contribution in [-0.2, 0) is 0 Å². The number of hydrogen-bond donors (Lipinski definition) is 2. The maximum Gasteiger partial charge on any atom is 0.274 e. The molecular formula is C22H19N5O. The second-order valence-corrected chi connectivity index (χ2v) is 6.52. The summed E-state index contributed by atoms with van der Waals surface area (Å²) in [5.74, 6) is 0.249. The molecule has 0 saturated heterocycles. The van der Waals surface area contributed by atoms with Crippen molar-refractivity contribution in [2.24, 2.45) is 0 Å². The fraction of sp³-hybridized carbons (Fsp3) is 0.0909. The van der Waals surface area contributed by atoms with Crippen molar-refractivity contribution in [2.45, 2.75) is 13.8 Å². The Bertz CT molecular complexity index is 1150. The van der Waals surface area contributed by atoms with E-state index in [4.69, 9.17) is 0 Å². The molecule has 0 aliphatic carbocycles. The summed E-state index contributed by atoms with van der Waals surface area (Å²) in [6.45, 7) is 3.92. The van der Waals surface area contributed by atoms with Gasteiger partial charge in [-0.05, 0) is 37.1 Å². The van der Waals surface area contributed by atoms with Crippen LogP contribution in [0.5, 0.6) is 0 Å². The lowest BCUT2D eigenvalue weighted by molar-refractivity contribution is 0.102. The molecule has 138 valence electrons. The Balaban J connectivity index is 1.60. The van der Waals surface area contributed by atoms with E-state index >= 15 is 0 Å². The highest BCUT2D eigenvalue weighted by Crippen LogP contribution is 2.24. The summed E-state index contributed by atoms with van der Waals surface area (Å²) < 4.78 is 0. The third-order valence-electron chi connectivity index (χ3n) is 4.51. The Morgan fingerprint density at radius 1 is 0.893 bits per heavy atom. The van der Waals surface area contributed by atoms with Crippen LogP contribution in [0.2, 0.25) is 0 Å². The van der Waals surface area contributed by atoms with Crippen LogP contribution < -0.4 is 10.6 Å². The third-order valence-corrected chi connectivity index (χ3v) is 4.51. The summed E-state index contributed by atoms with van der Waals surface area (Å²) >= 11 is 0. The first kappa shape index (κ1) is 17.6. The molecule has 0 radical (unpaired) electrons. The quantitative estimate of drug-likeness (QED) is 0.548. The number of carbonyl (C=O) groups is 1. The number of benzene rings is 2. The van der Waals surface area contributed by atoms with Gasteiger partial charge in [-0.25, -0.2) is 9.97 Å². The van der Waals surface area contributed by atoms with Crippen molar-refractivity contribution in [3.8, 4) is 0 Å². The Kier molecular flexibility index (Phi) is 4.68. The van der Waals surface area contributed by atoms with Crippen molar-refractivity contribution in [1.29, 1.82) is 0 Å². The highest BCUT2D eigenvalue weighted by atomic mass is 16.1. The van der Waals surface area contributed by atoms with E-state index in [0.717, 1.165) is 33.4 Å². The molecule has 2 N–H and O–H groups in total. The van der Waals surface area contributed by atoms with E-state index in [9.17, 15) is 4.79 Å². The standard InChI is InChI=1S/C22H19N5O/c1-14-6-3-7-15(2)20(14)27-22(28)18-12-19(25-13-24-18)26-17-10-4-8-16-9-5-11-23-21(16)17/h3-13H,1-2H3,(H,27,28)(H,24,25,26). The molecule has 28 heavy (non-hydrogen) atoms. The van der Waals surface area contributed by atoms with Crippen molar-refractivity contribution in [1.82, 2.24) is 15.0 Å². The number of para-hydroxylation sites is 2. The number of aromatic nitrogens is 3. The third kappa shape index (κ3) is 3.53. The lowest BCUT2D eigenvalue weighted by atomic mass is 10.1. The molecule has 4 rings (SSSR count). The highest BCUT2D eigenvalue weighted by Gasteiger charge is 2.12. The zero-order chi connectivity index (χ0) is 19.5. The van der Waals surface area contributed by atoms with E-state index in [1.54, 1.807) is 12.3 Å². The summed E-state index contributed by atoms with van der Waals surface area (Å²) in [6, 6.07) is 17.3. The van der Waals surface area contributed by atoms with Gasteiger partial charge in [-0.15, -0.1) is 0 Å². The average Bonchev–Trinajstić information content (AvgIpc) is 2.71. The van der Waals surface area contributed by atoms with Crippen molar-refractivity contribution in [2.75, 3.05) is 10.6 Å². The predicted octanol–water partition coefficient (Wildman–Crippen LogP) is 4.64. The van der Waals surface area contributed by atoms with Gasteiger partial charge in [-0.3, -0.25) is 9.78 Å². The Morgan fingerprint density at radius 2 is 1.64 bits per heavy atom. The van der Waals surface area contributed by atoms with Crippen LogP contribution in [0.25, 0.3) is 10.9 Å². The first-order valence-electron chi connectivity index (χ1n) is 8.92. The van der Waals surface area contributed by atoms with Crippen LogP contribution in [0.1, 0.15) is 21.6 Å². The Hall–Kier alpha value is -3.80. The number of aryl methyl sites for hydroxylation is 2. The molecule has 0 aliphatic rings. The first-order valence-corrected chi connectivity index (χ1v) is 8.92. The van der Waals surface area contributed by atoms with Gasteiger partial charge < -0.3 is 10.6 Å². The first-order chi connectivity index (χ1) is 13.6. The Morgan fingerprint density at radius 3 is 2.46 bits per heavy atom.